The molecule has 0 aliphatic carbocycles. The van der Waals surface area contributed by atoms with Crippen molar-refractivity contribution in [3.8, 4) is 5.75 Å². The number of hydrogen-bond acceptors (Lipinski definition) is 3. The molecule has 130 valence electrons. The van der Waals surface area contributed by atoms with Gasteiger partial charge in [-0.15, -0.1) is 0 Å². The maximum Gasteiger partial charge on any atom is 0.415 e. The van der Waals surface area contributed by atoms with Crippen molar-refractivity contribution in [2.45, 2.75) is 25.3 Å². The van der Waals surface area contributed by atoms with Crippen LogP contribution in [0.1, 0.15) is 24.0 Å². The summed E-state index contributed by atoms with van der Waals surface area (Å²) in [5.41, 5.74) is 2.26. The summed E-state index contributed by atoms with van der Waals surface area (Å²) in [6.07, 6.45) is 2.68. The molecular formula is C21H24N2O2. The molecule has 0 aromatic heterocycles. The van der Waals surface area contributed by atoms with Gasteiger partial charge in [-0.2, -0.15) is 0 Å². The van der Waals surface area contributed by atoms with Crippen LogP contribution in [0.4, 0.5) is 4.79 Å². The Morgan fingerprint density at radius 3 is 2.44 bits per heavy atom. The molecule has 0 N–H and O–H groups in total. The van der Waals surface area contributed by atoms with Gasteiger partial charge in [-0.25, -0.2) is 4.79 Å². The molecule has 5 rings (SSSR count). The molecule has 0 saturated carbocycles. The fourth-order valence-corrected chi connectivity index (χ4v) is 3.84. The van der Waals surface area contributed by atoms with Gasteiger partial charge in [0.15, 0.2) is 0 Å². The van der Waals surface area contributed by atoms with E-state index in [2.05, 4.69) is 17.0 Å². The highest BCUT2D eigenvalue weighted by molar-refractivity contribution is 5.71. The minimum absolute atomic E-state index is 0.200. The van der Waals surface area contributed by atoms with Crippen molar-refractivity contribution < 1.29 is 9.53 Å². The van der Waals surface area contributed by atoms with E-state index in [1.807, 2.05) is 47.4 Å². The normalized spacial score (nSPS) is 22.5. The molecule has 2 aromatic rings. The summed E-state index contributed by atoms with van der Waals surface area (Å²) in [6.45, 7) is 3.92. The van der Waals surface area contributed by atoms with Gasteiger partial charge in [0.05, 0.1) is 0 Å². The molecule has 25 heavy (non-hydrogen) atoms. The average molecular weight is 336 g/mol. The van der Waals surface area contributed by atoms with E-state index in [1.54, 1.807) is 0 Å². The zero-order valence-electron chi connectivity index (χ0n) is 14.4. The second kappa shape index (κ2) is 7.28. The van der Waals surface area contributed by atoms with E-state index in [-0.39, 0.29) is 6.09 Å². The Balaban J connectivity index is 1.49. The van der Waals surface area contributed by atoms with E-state index in [0.29, 0.717) is 11.8 Å². The molecule has 0 spiro atoms. The first-order valence-corrected chi connectivity index (χ1v) is 9.12. The average Bonchev–Trinajstić information content (AvgIpc) is 2.98. The van der Waals surface area contributed by atoms with Gasteiger partial charge in [0, 0.05) is 38.6 Å². The second-order valence-corrected chi connectivity index (χ2v) is 6.90. The van der Waals surface area contributed by atoms with Gasteiger partial charge in [0.2, 0.25) is 0 Å². The number of carbonyl (C=O) groups excluding carboxylic acids is 1. The topological polar surface area (TPSA) is 32.8 Å². The lowest BCUT2D eigenvalue weighted by Gasteiger charge is -2.30. The van der Waals surface area contributed by atoms with Gasteiger partial charge < -0.3 is 14.5 Å². The van der Waals surface area contributed by atoms with Crippen molar-refractivity contribution >= 4 is 6.09 Å². The largest absolute Gasteiger partial charge is 0.415 e. The van der Waals surface area contributed by atoms with Crippen LogP contribution in [0.15, 0.2) is 54.6 Å². The lowest BCUT2D eigenvalue weighted by molar-refractivity contribution is 0.130. The Labute approximate surface area is 149 Å². The molecule has 3 heterocycles. The minimum Gasteiger partial charge on any atom is -0.410 e. The maximum atomic E-state index is 12.8. The van der Waals surface area contributed by atoms with E-state index < -0.39 is 0 Å². The Kier molecular flexibility index (Phi) is 4.70. The molecule has 0 unspecified atom stereocenters. The summed E-state index contributed by atoms with van der Waals surface area (Å²) in [5, 5.41) is 0. The first-order valence-electron chi connectivity index (χ1n) is 9.12. The summed E-state index contributed by atoms with van der Waals surface area (Å²) in [6, 6.07) is 18.5. The quantitative estimate of drug-likeness (QED) is 0.859. The summed E-state index contributed by atoms with van der Waals surface area (Å²) < 4.78 is 5.83. The third kappa shape index (κ3) is 3.69. The fourth-order valence-electron chi connectivity index (χ4n) is 3.84. The SMILES string of the molecule is O=C(Oc1ccccc1Cc1ccccc1)N1CCN2CCC1CC2. The number of carbonyl (C=O) groups is 1. The lowest BCUT2D eigenvalue weighted by Crippen LogP contribution is -2.43. The van der Waals surface area contributed by atoms with E-state index in [0.717, 1.165) is 51.0 Å². The Morgan fingerprint density at radius 2 is 1.64 bits per heavy atom. The van der Waals surface area contributed by atoms with Crippen LogP contribution in [0, 0.1) is 0 Å². The zero-order chi connectivity index (χ0) is 17.1. The monoisotopic (exact) mass is 336 g/mol. The van der Waals surface area contributed by atoms with Crippen molar-refractivity contribution in [2.75, 3.05) is 26.2 Å². The summed E-state index contributed by atoms with van der Waals surface area (Å²) in [4.78, 5) is 17.2. The van der Waals surface area contributed by atoms with Crippen molar-refractivity contribution in [2.24, 2.45) is 0 Å². The number of hydrogen-bond donors (Lipinski definition) is 0. The Bertz CT molecular complexity index is 724. The predicted octanol–water partition coefficient (Wildman–Crippen LogP) is 3.56. The molecular weight excluding hydrogens is 312 g/mol. The van der Waals surface area contributed by atoms with Gasteiger partial charge in [-0.3, -0.25) is 0 Å². The van der Waals surface area contributed by atoms with E-state index >= 15 is 0 Å². The van der Waals surface area contributed by atoms with E-state index in [1.165, 1.54) is 5.56 Å². The molecule has 0 atom stereocenters. The molecule has 4 nitrogen and oxygen atoms in total. The molecule has 0 radical (unpaired) electrons. The number of piperidine rings is 1. The second-order valence-electron chi connectivity index (χ2n) is 6.90. The van der Waals surface area contributed by atoms with Crippen LogP contribution in [0.3, 0.4) is 0 Å². The maximum absolute atomic E-state index is 12.8. The van der Waals surface area contributed by atoms with Crippen molar-refractivity contribution in [1.82, 2.24) is 9.80 Å². The van der Waals surface area contributed by atoms with Gasteiger partial charge in [-0.05, 0) is 30.0 Å². The lowest BCUT2D eigenvalue weighted by atomic mass is 10.0. The van der Waals surface area contributed by atoms with Crippen LogP contribution >= 0.6 is 0 Å². The number of ether oxygens (including phenoxy) is 1. The van der Waals surface area contributed by atoms with Crippen LogP contribution in [0.2, 0.25) is 0 Å². The highest BCUT2D eigenvalue weighted by atomic mass is 16.6. The third-order valence-corrected chi connectivity index (χ3v) is 5.30. The number of amides is 1. The third-order valence-electron chi connectivity index (χ3n) is 5.30. The number of rotatable bonds is 3. The first-order chi connectivity index (χ1) is 12.3. The van der Waals surface area contributed by atoms with Gasteiger partial charge >= 0.3 is 6.09 Å². The molecule has 2 bridgehead atoms. The van der Waals surface area contributed by atoms with Crippen LogP contribution in [0.25, 0.3) is 0 Å². The Hall–Kier alpha value is -2.33. The van der Waals surface area contributed by atoms with E-state index in [4.69, 9.17) is 4.74 Å². The van der Waals surface area contributed by atoms with Crippen LogP contribution in [-0.4, -0.2) is 48.1 Å². The molecule has 3 fully saturated rings. The highest BCUT2D eigenvalue weighted by Crippen LogP contribution is 2.25. The smallest absolute Gasteiger partial charge is 0.410 e. The van der Waals surface area contributed by atoms with Crippen molar-refractivity contribution in [3.05, 3.63) is 65.7 Å². The fraction of sp³-hybridized carbons (Fsp3) is 0.381. The number of benzene rings is 2. The molecule has 2 aromatic carbocycles. The molecule has 3 saturated heterocycles. The minimum atomic E-state index is -0.200. The van der Waals surface area contributed by atoms with Gasteiger partial charge in [0.1, 0.15) is 5.75 Å². The molecule has 4 heteroatoms. The highest BCUT2D eigenvalue weighted by Gasteiger charge is 2.33. The molecule has 3 aliphatic rings. The van der Waals surface area contributed by atoms with Crippen LogP contribution < -0.4 is 4.74 Å². The molecule has 1 amide bonds. The summed E-state index contributed by atoms with van der Waals surface area (Å²) in [5.74, 6) is 0.676. The predicted molar refractivity (Wildman–Crippen MR) is 97.9 cm³/mol. The van der Waals surface area contributed by atoms with Gasteiger partial charge in [-0.1, -0.05) is 48.5 Å². The number of para-hydroxylation sites is 1. The van der Waals surface area contributed by atoms with Crippen molar-refractivity contribution in [3.63, 3.8) is 0 Å². The van der Waals surface area contributed by atoms with Crippen LogP contribution in [0.5, 0.6) is 5.75 Å². The first kappa shape index (κ1) is 16.2. The number of fused-ring (bicyclic) bond motifs is 4. The number of nitrogens with zero attached hydrogens (tertiary/aromatic N) is 2. The summed E-state index contributed by atoms with van der Waals surface area (Å²) in [7, 11) is 0. The van der Waals surface area contributed by atoms with Gasteiger partial charge in [0.25, 0.3) is 0 Å². The zero-order valence-corrected chi connectivity index (χ0v) is 14.4. The standard InChI is InChI=1S/C21H24N2O2/c24-21(23-15-14-22-12-10-19(23)11-13-22)25-20-9-5-4-8-18(20)16-17-6-2-1-3-7-17/h1-9,19H,10-16H2. The molecule has 3 aliphatic heterocycles. The Morgan fingerprint density at radius 1 is 0.920 bits per heavy atom. The summed E-state index contributed by atoms with van der Waals surface area (Å²) >= 11 is 0. The van der Waals surface area contributed by atoms with Crippen LogP contribution in [-0.2, 0) is 6.42 Å². The van der Waals surface area contributed by atoms with Crippen molar-refractivity contribution in [1.29, 1.82) is 0 Å². The van der Waals surface area contributed by atoms with E-state index in [9.17, 15) is 4.79 Å².